The van der Waals surface area contributed by atoms with Crippen LogP contribution in [0.2, 0.25) is 0 Å². The number of amides is 1. The maximum Gasteiger partial charge on any atom is 0.263 e. The van der Waals surface area contributed by atoms with E-state index in [-0.39, 0.29) is 23.2 Å². The molecule has 1 aliphatic rings. The number of ether oxygens (including phenoxy) is 2. The van der Waals surface area contributed by atoms with Gasteiger partial charge in [-0.05, 0) is 23.8 Å². The number of rotatable bonds is 3. The SMILES string of the molecule is COc1cc(C=C2SC(=S)NC2=O)cc(OC)c1O. The maximum absolute atomic E-state index is 11.6. The van der Waals surface area contributed by atoms with E-state index in [1.54, 1.807) is 18.2 Å². The Balaban J connectivity index is 2.43. The minimum Gasteiger partial charge on any atom is -0.502 e. The Morgan fingerprint density at radius 2 is 1.89 bits per heavy atom. The van der Waals surface area contributed by atoms with Crippen LogP contribution in [0.3, 0.4) is 0 Å². The van der Waals surface area contributed by atoms with Crippen LogP contribution in [0.15, 0.2) is 17.0 Å². The second kappa shape index (κ2) is 5.50. The van der Waals surface area contributed by atoms with Crippen LogP contribution >= 0.6 is 24.0 Å². The van der Waals surface area contributed by atoms with E-state index < -0.39 is 0 Å². The van der Waals surface area contributed by atoms with Gasteiger partial charge in [0.15, 0.2) is 11.5 Å². The highest BCUT2D eigenvalue weighted by molar-refractivity contribution is 8.26. The van der Waals surface area contributed by atoms with E-state index in [4.69, 9.17) is 21.7 Å². The molecule has 0 saturated carbocycles. The number of thioether (sulfide) groups is 1. The number of aromatic hydroxyl groups is 1. The van der Waals surface area contributed by atoms with Crippen LogP contribution in [0.5, 0.6) is 17.2 Å². The van der Waals surface area contributed by atoms with Crippen molar-refractivity contribution in [2.75, 3.05) is 14.2 Å². The second-order valence-electron chi connectivity index (χ2n) is 3.63. The zero-order chi connectivity index (χ0) is 14.0. The Bertz CT molecular complexity index is 558. The van der Waals surface area contributed by atoms with Gasteiger partial charge in [0.1, 0.15) is 4.32 Å². The molecule has 1 aliphatic heterocycles. The molecule has 19 heavy (non-hydrogen) atoms. The van der Waals surface area contributed by atoms with Crippen molar-refractivity contribution in [3.05, 3.63) is 22.6 Å². The van der Waals surface area contributed by atoms with Crippen molar-refractivity contribution in [1.29, 1.82) is 0 Å². The fourth-order valence-electron chi connectivity index (χ4n) is 1.57. The summed E-state index contributed by atoms with van der Waals surface area (Å²) < 4.78 is 10.5. The highest BCUT2D eigenvalue weighted by Crippen LogP contribution is 2.38. The summed E-state index contributed by atoms with van der Waals surface area (Å²) in [5.74, 6) is 0.238. The third-order valence-corrected chi connectivity index (χ3v) is 3.60. The summed E-state index contributed by atoms with van der Waals surface area (Å²) in [4.78, 5) is 12.1. The molecule has 2 N–H and O–H groups in total. The number of carbonyl (C=O) groups is 1. The molecule has 0 atom stereocenters. The average Bonchev–Trinajstić information content (AvgIpc) is 2.69. The van der Waals surface area contributed by atoms with Gasteiger partial charge in [0.25, 0.3) is 5.91 Å². The van der Waals surface area contributed by atoms with Gasteiger partial charge in [0.2, 0.25) is 5.75 Å². The predicted octanol–water partition coefficient (Wildman–Crippen LogP) is 1.90. The summed E-state index contributed by atoms with van der Waals surface area (Å²) in [7, 11) is 2.88. The molecule has 2 rings (SSSR count). The van der Waals surface area contributed by atoms with E-state index in [2.05, 4.69) is 5.32 Å². The molecule has 1 aromatic rings. The summed E-state index contributed by atoms with van der Waals surface area (Å²) in [5.41, 5.74) is 0.675. The summed E-state index contributed by atoms with van der Waals surface area (Å²) in [6.45, 7) is 0. The molecule has 0 radical (unpaired) electrons. The molecule has 0 aliphatic carbocycles. The molecule has 1 amide bonds. The number of nitrogens with one attached hydrogen (secondary N) is 1. The third-order valence-electron chi connectivity index (χ3n) is 2.44. The summed E-state index contributed by atoms with van der Waals surface area (Å²) in [5, 5.41) is 12.3. The van der Waals surface area contributed by atoms with Gasteiger partial charge >= 0.3 is 0 Å². The van der Waals surface area contributed by atoms with E-state index in [1.165, 1.54) is 26.0 Å². The zero-order valence-corrected chi connectivity index (χ0v) is 11.9. The van der Waals surface area contributed by atoms with Gasteiger partial charge in [-0.3, -0.25) is 4.79 Å². The summed E-state index contributed by atoms with van der Waals surface area (Å²) in [6.07, 6.45) is 1.66. The Morgan fingerprint density at radius 1 is 1.32 bits per heavy atom. The first-order chi connectivity index (χ1) is 9.05. The summed E-state index contributed by atoms with van der Waals surface area (Å²) in [6, 6.07) is 3.22. The minimum atomic E-state index is -0.235. The number of phenols is 1. The van der Waals surface area contributed by atoms with Gasteiger partial charge < -0.3 is 19.9 Å². The van der Waals surface area contributed by atoms with Crippen molar-refractivity contribution in [2.24, 2.45) is 0 Å². The first-order valence-electron chi connectivity index (χ1n) is 5.25. The molecule has 0 aromatic heterocycles. The molecule has 5 nitrogen and oxygen atoms in total. The second-order valence-corrected chi connectivity index (χ2v) is 5.35. The van der Waals surface area contributed by atoms with Gasteiger partial charge in [0, 0.05) is 0 Å². The van der Waals surface area contributed by atoms with E-state index in [1.807, 2.05) is 0 Å². The quantitative estimate of drug-likeness (QED) is 0.656. The van der Waals surface area contributed by atoms with Gasteiger partial charge in [-0.15, -0.1) is 0 Å². The lowest BCUT2D eigenvalue weighted by Crippen LogP contribution is -2.17. The van der Waals surface area contributed by atoms with Gasteiger partial charge in [-0.2, -0.15) is 0 Å². The lowest BCUT2D eigenvalue weighted by Gasteiger charge is -2.09. The minimum absolute atomic E-state index is 0.0776. The molecule has 0 bridgehead atoms. The third kappa shape index (κ3) is 2.82. The van der Waals surface area contributed by atoms with Gasteiger partial charge in [0.05, 0.1) is 19.1 Å². The molecular formula is C12H11NO4S2. The van der Waals surface area contributed by atoms with Gasteiger partial charge in [-0.1, -0.05) is 24.0 Å². The molecule has 1 heterocycles. The van der Waals surface area contributed by atoms with Crippen LogP contribution in [0.1, 0.15) is 5.56 Å². The molecule has 1 aromatic carbocycles. The van der Waals surface area contributed by atoms with Crippen molar-refractivity contribution in [3.8, 4) is 17.2 Å². The van der Waals surface area contributed by atoms with Crippen molar-refractivity contribution in [3.63, 3.8) is 0 Å². The lowest BCUT2D eigenvalue weighted by atomic mass is 10.1. The Morgan fingerprint density at radius 3 is 2.32 bits per heavy atom. The van der Waals surface area contributed by atoms with E-state index in [0.717, 1.165) is 0 Å². The van der Waals surface area contributed by atoms with E-state index in [9.17, 15) is 9.90 Å². The first kappa shape index (κ1) is 13.7. The van der Waals surface area contributed by atoms with E-state index in [0.29, 0.717) is 14.8 Å². The highest BCUT2D eigenvalue weighted by atomic mass is 32.2. The number of thiocarbonyl (C=S) groups is 1. The summed E-state index contributed by atoms with van der Waals surface area (Å²) >= 11 is 6.10. The number of benzene rings is 1. The predicted molar refractivity (Wildman–Crippen MR) is 77.5 cm³/mol. The van der Waals surface area contributed by atoms with Crippen LogP contribution in [-0.2, 0) is 4.79 Å². The number of carbonyl (C=O) groups excluding carboxylic acids is 1. The molecule has 0 spiro atoms. The molecule has 1 saturated heterocycles. The Labute approximate surface area is 119 Å². The van der Waals surface area contributed by atoms with Crippen LogP contribution < -0.4 is 14.8 Å². The number of phenolic OH excluding ortho intramolecular Hbond substituents is 1. The van der Waals surface area contributed by atoms with Crippen molar-refractivity contribution in [2.45, 2.75) is 0 Å². The largest absolute Gasteiger partial charge is 0.502 e. The molecule has 1 fully saturated rings. The Hall–Kier alpha value is -1.73. The monoisotopic (exact) mass is 297 g/mol. The van der Waals surface area contributed by atoms with Crippen molar-refractivity contribution < 1.29 is 19.4 Å². The van der Waals surface area contributed by atoms with Crippen LogP contribution in [0.4, 0.5) is 0 Å². The number of methoxy groups -OCH3 is 2. The topological polar surface area (TPSA) is 67.8 Å². The maximum atomic E-state index is 11.6. The van der Waals surface area contributed by atoms with Crippen molar-refractivity contribution >= 4 is 40.3 Å². The van der Waals surface area contributed by atoms with Crippen LogP contribution in [0, 0.1) is 0 Å². The zero-order valence-electron chi connectivity index (χ0n) is 10.2. The van der Waals surface area contributed by atoms with Crippen LogP contribution in [0.25, 0.3) is 6.08 Å². The molecular weight excluding hydrogens is 286 g/mol. The van der Waals surface area contributed by atoms with Crippen molar-refractivity contribution in [1.82, 2.24) is 5.32 Å². The Kier molecular flexibility index (Phi) is 3.96. The normalized spacial score (nSPS) is 16.6. The fourth-order valence-corrected chi connectivity index (χ4v) is 2.61. The van der Waals surface area contributed by atoms with Crippen LogP contribution in [-0.4, -0.2) is 29.6 Å². The van der Waals surface area contributed by atoms with E-state index >= 15 is 0 Å². The number of hydrogen-bond donors (Lipinski definition) is 2. The standard InChI is InChI=1S/C12H11NO4S2/c1-16-7-3-6(4-8(17-2)10(7)14)5-9-11(15)13-12(18)19-9/h3-5,14H,1-2H3,(H,13,15,18). The average molecular weight is 297 g/mol. The molecule has 100 valence electrons. The highest BCUT2D eigenvalue weighted by Gasteiger charge is 2.22. The molecule has 7 heteroatoms. The number of hydrogen-bond acceptors (Lipinski definition) is 6. The van der Waals surface area contributed by atoms with Gasteiger partial charge in [-0.25, -0.2) is 0 Å². The first-order valence-corrected chi connectivity index (χ1v) is 6.47. The molecule has 0 unspecified atom stereocenters. The fraction of sp³-hybridized carbons (Fsp3) is 0.167. The lowest BCUT2D eigenvalue weighted by molar-refractivity contribution is -0.115. The smallest absolute Gasteiger partial charge is 0.263 e.